The number of urea groups is 1. The Labute approximate surface area is 119 Å². The number of carbonyl (C=O) groups is 2. The van der Waals surface area contributed by atoms with Gasteiger partial charge in [-0.05, 0) is 38.6 Å². The van der Waals surface area contributed by atoms with Gasteiger partial charge in [-0.15, -0.1) is 0 Å². The van der Waals surface area contributed by atoms with Gasteiger partial charge in [-0.3, -0.25) is 4.90 Å². The third-order valence-corrected chi connectivity index (χ3v) is 5.09. The van der Waals surface area contributed by atoms with Crippen LogP contribution in [0.15, 0.2) is 0 Å². The lowest BCUT2D eigenvalue weighted by molar-refractivity contribution is -0.148. The van der Waals surface area contributed by atoms with Gasteiger partial charge in [-0.1, -0.05) is 6.42 Å². The van der Waals surface area contributed by atoms with Crippen LogP contribution in [-0.2, 0) is 4.79 Å². The summed E-state index contributed by atoms with van der Waals surface area (Å²) in [5.41, 5.74) is -0.999. The fourth-order valence-electron chi connectivity index (χ4n) is 3.55. The number of amides is 2. The summed E-state index contributed by atoms with van der Waals surface area (Å²) in [5.74, 6) is -0.895. The van der Waals surface area contributed by atoms with Crippen LogP contribution in [0.2, 0.25) is 0 Å². The van der Waals surface area contributed by atoms with E-state index in [2.05, 4.69) is 10.2 Å². The molecule has 2 heterocycles. The van der Waals surface area contributed by atoms with Crippen LogP contribution in [-0.4, -0.2) is 64.7 Å². The Morgan fingerprint density at radius 2 is 1.90 bits per heavy atom. The van der Waals surface area contributed by atoms with Gasteiger partial charge in [-0.2, -0.15) is 0 Å². The predicted octanol–water partition coefficient (Wildman–Crippen LogP) is 0.873. The molecular formula is C14H23N3O3. The van der Waals surface area contributed by atoms with Crippen molar-refractivity contribution in [2.75, 3.05) is 26.2 Å². The van der Waals surface area contributed by atoms with Crippen LogP contribution in [0, 0.1) is 0 Å². The number of piperidine rings is 1. The first-order valence-corrected chi connectivity index (χ1v) is 7.65. The van der Waals surface area contributed by atoms with Crippen molar-refractivity contribution >= 4 is 12.0 Å². The number of carbonyl (C=O) groups excluding carboxylic acids is 1. The van der Waals surface area contributed by atoms with E-state index in [-0.39, 0.29) is 6.03 Å². The number of fused-ring (bicyclic) bond motifs is 1. The zero-order valence-corrected chi connectivity index (χ0v) is 11.8. The van der Waals surface area contributed by atoms with Crippen LogP contribution in [0.5, 0.6) is 0 Å². The van der Waals surface area contributed by atoms with E-state index in [1.54, 1.807) is 4.90 Å². The van der Waals surface area contributed by atoms with Gasteiger partial charge in [0.2, 0.25) is 0 Å². The Bertz CT molecular complexity index is 408. The molecule has 3 fully saturated rings. The molecule has 0 radical (unpaired) electrons. The summed E-state index contributed by atoms with van der Waals surface area (Å²) in [6.07, 6.45) is 5.62. The van der Waals surface area contributed by atoms with Gasteiger partial charge in [0, 0.05) is 25.7 Å². The molecule has 0 aromatic carbocycles. The summed E-state index contributed by atoms with van der Waals surface area (Å²) in [6.45, 7) is 3.50. The molecular weight excluding hydrogens is 258 g/mol. The number of nitrogens with one attached hydrogen (secondary N) is 1. The molecule has 1 aliphatic carbocycles. The molecule has 2 N–H and O–H groups in total. The van der Waals surface area contributed by atoms with Crippen LogP contribution >= 0.6 is 0 Å². The Kier molecular flexibility index (Phi) is 3.58. The van der Waals surface area contributed by atoms with E-state index in [0.29, 0.717) is 25.4 Å². The molecule has 20 heavy (non-hydrogen) atoms. The van der Waals surface area contributed by atoms with Crippen molar-refractivity contribution in [3.63, 3.8) is 0 Å². The molecule has 0 aromatic rings. The number of hydrogen-bond donors (Lipinski definition) is 2. The van der Waals surface area contributed by atoms with Crippen molar-refractivity contribution in [2.45, 2.75) is 50.1 Å². The van der Waals surface area contributed by atoms with Crippen molar-refractivity contribution in [1.82, 2.24) is 15.1 Å². The third kappa shape index (κ3) is 2.37. The minimum atomic E-state index is -0.999. The Morgan fingerprint density at radius 1 is 1.10 bits per heavy atom. The first-order chi connectivity index (χ1) is 9.61. The largest absolute Gasteiger partial charge is 0.480 e. The summed E-state index contributed by atoms with van der Waals surface area (Å²) in [5, 5.41) is 12.0. The topological polar surface area (TPSA) is 72.9 Å². The second-order valence-electron chi connectivity index (χ2n) is 6.30. The minimum absolute atomic E-state index is 0.197. The van der Waals surface area contributed by atoms with E-state index >= 15 is 0 Å². The van der Waals surface area contributed by atoms with Crippen molar-refractivity contribution in [1.29, 1.82) is 0 Å². The molecule has 0 aromatic heterocycles. The Balaban J connectivity index is 1.59. The first-order valence-electron chi connectivity index (χ1n) is 7.65. The molecule has 6 heteroatoms. The average Bonchev–Trinajstić information content (AvgIpc) is 2.41. The van der Waals surface area contributed by atoms with E-state index in [4.69, 9.17) is 0 Å². The molecule has 2 amide bonds. The smallest absolute Gasteiger partial charge is 0.329 e. The van der Waals surface area contributed by atoms with Gasteiger partial charge in [0.05, 0.1) is 0 Å². The number of carboxylic acid groups (broad SMARTS) is 1. The summed E-state index contributed by atoms with van der Waals surface area (Å²) in [6, 6.07) is 0.266. The number of hydrogen-bond acceptors (Lipinski definition) is 3. The summed E-state index contributed by atoms with van der Waals surface area (Å²) in [4.78, 5) is 27.9. The van der Waals surface area contributed by atoms with Crippen LogP contribution in [0.4, 0.5) is 4.79 Å². The maximum Gasteiger partial charge on any atom is 0.329 e. The van der Waals surface area contributed by atoms with Gasteiger partial charge in [0.25, 0.3) is 0 Å². The SMILES string of the molecule is O=C(NC1(C(=O)O)CCC1)N1CCN2CCCCC2C1. The number of rotatable bonds is 2. The molecule has 3 rings (SSSR count). The molecule has 112 valence electrons. The fraction of sp³-hybridized carbons (Fsp3) is 0.857. The Hall–Kier alpha value is -1.30. The van der Waals surface area contributed by atoms with Gasteiger partial charge in [-0.25, -0.2) is 9.59 Å². The van der Waals surface area contributed by atoms with Crippen LogP contribution in [0.1, 0.15) is 38.5 Å². The molecule has 1 saturated carbocycles. The average molecular weight is 281 g/mol. The minimum Gasteiger partial charge on any atom is -0.480 e. The summed E-state index contributed by atoms with van der Waals surface area (Å²) < 4.78 is 0. The monoisotopic (exact) mass is 281 g/mol. The van der Waals surface area contributed by atoms with Gasteiger partial charge >= 0.3 is 12.0 Å². The zero-order chi connectivity index (χ0) is 14.2. The van der Waals surface area contributed by atoms with Crippen molar-refractivity contribution in [3.8, 4) is 0 Å². The molecule has 0 spiro atoms. The highest BCUT2D eigenvalue weighted by Crippen LogP contribution is 2.32. The molecule has 1 atom stereocenters. The molecule has 3 aliphatic rings. The quantitative estimate of drug-likeness (QED) is 0.788. The fourth-order valence-corrected chi connectivity index (χ4v) is 3.55. The maximum atomic E-state index is 12.3. The maximum absolute atomic E-state index is 12.3. The zero-order valence-electron chi connectivity index (χ0n) is 11.8. The van der Waals surface area contributed by atoms with E-state index in [1.807, 2.05) is 0 Å². The second kappa shape index (κ2) is 5.24. The molecule has 6 nitrogen and oxygen atoms in total. The first kappa shape index (κ1) is 13.7. The highest BCUT2D eigenvalue weighted by Gasteiger charge is 2.46. The number of piperazine rings is 1. The highest BCUT2D eigenvalue weighted by molar-refractivity contribution is 5.87. The van der Waals surface area contributed by atoms with Gasteiger partial charge < -0.3 is 15.3 Å². The lowest BCUT2D eigenvalue weighted by atomic mass is 9.77. The summed E-state index contributed by atoms with van der Waals surface area (Å²) >= 11 is 0. The van der Waals surface area contributed by atoms with E-state index < -0.39 is 11.5 Å². The summed E-state index contributed by atoms with van der Waals surface area (Å²) in [7, 11) is 0. The Morgan fingerprint density at radius 3 is 2.55 bits per heavy atom. The van der Waals surface area contributed by atoms with E-state index in [9.17, 15) is 14.7 Å². The number of aliphatic carboxylic acids is 1. The molecule has 0 bridgehead atoms. The van der Waals surface area contributed by atoms with Crippen LogP contribution in [0.25, 0.3) is 0 Å². The number of carboxylic acids is 1. The number of nitrogens with zero attached hydrogens (tertiary/aromatic N) is 2. The van der Waals surface area contributed by atoms with Gasteiger partial charge in [0.1, 0.15) is 5.54 Å². The molecule has 2 aliphatic heterocycles. The normalized spacial score (nSPS) is 29.2. The highest BCUT2D eigenvalue weighted by atomic mass is 16.4. The van der Waals surface area contributed by atoms with Crippen LogP contribution < -0.4 is 5.32 Å². The molecule has 2 saturated heterocycles. The lowest BCUT2D eigenvalue weighted by Gasteiger charge is -2.45. The second-order valence-corrected chi connectivity index (χ2v) is 6.30. The molecule has 1 unspecified atom stereocenters. The van der Waals surface area contributed by atoms with Crippen molar-refractivity contribution in [3.05, 3.63) is 0 Å². The lowest BCUT2D eigenvalue weighted by Crippen LogP contribution is -2.64. The van der Waals surface area contributed by atoms with E-state index in [0.717, 1.165) is 32.5 Å². The standard InChI is InChI=1S/C14H23N3O3/c18-12(19)14(5-3-6-14)15-13(20)17-9-8-16-7-2-1-4-11(16)10-17/h11H,1-10H2,(H,15,20)(H,18,19). The van der Waals surface area contributed by atoms with Gasteiger partial charge in [0.15, 0.2) is 0 Å². The van der Waals surface area contributed by atoms with Crippen LogP contribution in [0.3, 0.4) is 0 Å². The van der Waals surface area contributed by atoms with Crippen molar-refractivity contribution < 1.29 is 14.7 Å². The third-order valence-electron chi connectivity index (χ3n) is 5.09. The van der Waals surface area contributed by atoms with E-state index in [1.165, 1.54) is 12.8 Å². The predicted molar refractivity (Wildman–Crippen MR) is 73.5 cm³/mol. The van der Waals surface area contributed by atoms with Crippen molar-refractivity contribution in [2.24, 2.45) is 0 Å².